The van der Waals surface area contributed by atoms with Crippen LogP contribution in [0.15, 0.2) is 53.9 Å². The van der Waals surface area contributed by atoms with Crippen LogP contribution in [0.5, 0.6) is 5.75 Å². The monoisotopic (exact) mass is 285 g/mol. The zero-order chi connectivity index (χ0) is 15.4. The van der Waals surface area contributed by atoms with E-state index in [1.54, 1.807) is 30.3 Å². The zero-order valence-corrected chi connectivity index (χ0v) is 12.3. The molecule has 4 heteroatoms. The van der Waals surface area contributed by atoms with Crippen LogP contribution in [-0.4, -0.2) is 17.6 Å². The number of aliphatic hydroxyl groups is 1. The van der Waals surface area contributed by atoms with Gasteiger partial charge in [0.05, 0.1) is 11.3 Å². The third kappa shape index (κ3) is 3.34. The number of allylic oxidation sites excluding steroid dienone is 1. The van der Waals surface area contributed by atoms with E-state index in [2.05, 4.69) is 11.9 Å². The predicted molar refractivity (Wildman–Crippen MR) is 82.8 cm³/mol. The molecule has 2 rings (SSSR count). The number of carbonyl (C=O) groups excluding carboxylic acids is 1. The van der Waals surface area contributed by atoms with Crippen molar-refractivity contribution in [1.29, 1.82) is 0 Å². The molecule has 0 unspecified atom stereocenters. The summed E-state index contributed by atoms with van der Waals surface area (Å²) in [5.74, 6) is 0.319. The van der Waals surface area contributed by atoms with Crippen LogP contribution in [-0.2, 0) is 4.79 Å². The van der Waals surface area contributed by atoms with Gasteiger partial charge in [0, 0.05) is 0 Å². The highest BCUT2D eigenvalue weighted by Gasteiger charge is 2.28. The van der Waals surface area contributed by atoms with Gasteiger partial charge in [-0.15, -0.1) is 0 Å². The average Bonchev–Trinajstić information content (AvgIpc) is 2.72. The van der Waals surface area contributed by atoms with Crippen molar-refractivity contribution >= 4 is 11.5 Å². The molecule has 0 radical (unpaired) electrons. The highest BCUT2D eigenvalue weighted by Crippen LogP contribution is 2.29. The molecule has 1 aliphatic heterocycles. The van der Waals surface area contributed by atoms with Crippen molar-refractivity contribution in [3.05, 3.63) is 59.5 Å². The SMILES string of the molecule is C=C(C)COc1cccc(C2=C(O)C(=CCC)NC2=O)c1. The van der Waals surface area contributed by atoms with Crippen molar-refractivity contribution in [3.8, 4) is 5.75 Å². The highest BCUT2D eigenvalue weighted by atomic mass is 16.5. The molecule has 0 saturated carbocycles. The Kier molecular flexibility index (Phi) is 4.48. The van der Waals surface area contributed by atoms with Gasteiger partial charge in [-0.05, 0) is 36.6 Å². The third-order valence-corrected chi connectivity index (χ3v) is 2.98. The van der Waals surface area contributed by atoms with Crippen molar-refractivity contribution in [2.45, 2.75) is 20.3 Å². The second kappa shape index (κ2) is 6.31. The van der Waals surface area contributed by atoms with E-state index in [1.165, 1.54) is 0 Å². The van der Waals surface area contributed by atoms with Gasteiger partial charge in [0.1, 0.15) is 12.4 Å². The molecular weight excluding hydrogens is 266 g/mol. The first kappa shape index (κ1) is 14.9. The van der Waals surface area contributed by atoms with Gasteiger partial charge in [-0.1, -0.05) is 31.7 Å². The largest absolute Gasteiger partial charge is 0.505 e. The van der Waals surface area contributed by atoms with Crippen LogP contribution < -0.4 is 10.1 Å². The van der Waals surface area contributed by atoms with Crippen LogP contribution in [0, 0.1) is 0 Å². The lowest BCUT2D eigenvalue weighted by Gasteiger charge is -2.07. The predicted octanol–water partition coefficient (Wildman–Crippen LogP) is 3.33. The van der Waals surface area contributed by atoms with Gasteiger partial charge in [-0.25, -0.2) is 0 Å². The number of benzene rings is 1. The topological polar surface area (TPSA) is 58.6 Å². The Morgan fingerprint density at radius 1 is 1.48 bits per heavy atom. The Morgan fingerprint density at radius 2 is 2.24 bits per heavy atom. The van der Waals surface area contributed by atoms with E-state index in [4.69, 9.17) is 4.74 Å². The summed E-state index contributed by atoms with van der Waals surface area (Å²) in [5.41, 5.74) is 2.28. The van der Waals surface area contributed by atoms with E-state index in [-0.39, 0.29) is 17.2 Å². The minimum Gasteiger partial charge on any atom is -0.505 e. The summed E-state index contributed by atoms with van der Waals surface area (Å²) in [7, 11) is 0. The molecule has 0 spiro atoms. The summed E-state index contributed by atoms with van der Waals surface area (Å²) >= 11 is 0. The molecule has 0 atom stereocenters. The van der Waals surface area contributed by atoms with E-state index in [1.807, 2.05) is 13.8 Å². The molecular formula is C17H19NO3. The second-order valence-corrected chi connectivity index (χ2v) is 4.98. The molecule has 4 nitrogen and oxygen atoms in total. The summed E-state index contributed by atoms with van der Waals surface area (Å²) in [6.07, 6.45) is 2.51. The molecule has 21 heavy (non-hydrogen) atoms. The van der Waals surface area contributed by atoms with Gasteiger partial charge in [0.25, 0.3) is 5.91 Å². The molecule has 0 saturated heterocycles. The van der Waals surface area contributed by atoms with Crippen LogP contribution in [0.4, 0.5) is 0 Å². The van der Waals surface area contributed by atoms with Gasteiger partial charge in [0.15, 0.2) is 5.76 Å². The summed E-state index contributed by atoms with van der Waals surface area (Å²) < 4.78 is 5.56. The van der Waals surface area contributed by atoms with E-state index < -0.39 is 0 Å². The Balaban J connectivity index is 2.33. The first-order valence-electron chi connectivity index (χ1n) is 6.85. The van der Waals surface area contributed by atoms with Gasteiger partial charge >= 0.3 is 0 Å². The Hall–Kier alpha value is -2.49. The van der Waals surface area contributed by atoms with Crippen molar-refractivity contribution in [2.75, 3.05) is 6.61 Å². The maximum absolute atomic E-state index is 12.0. The standard InChI is InChI=1S/C17H19NO3/c1-4-6-14-16(19)15(17(20)18-14)12-7-5-8-13(9-12)21-10-11(2)3/h5-9,19H,2,4,10H2,1,3H3,(H,18,20). The third-order valence-electron chi connectivity index (χ3n) is 2.98. The van der Waals surface area contributed by atoms with E-state index in [0.717, 1.165) is 12.0 Å². The first-order chi connectivity index (χ1) is 10.0. The fourth-order valence-corrected chi connectivity index (χ4v) is 2.05. The molecule has 1 aliphatic rings. The van der Waals surface area contributed by atoms with E-state index >= 15 is 0 Å². The summed E-state index contributed by atoms with van der Waals surface area (Å²) in [5, 5.41) is 12.9. The van der Waals surface area contributed by atoms with E-state index in [9.17, 15) is 9.90 Å². The lowest BCUT2D eigenvalue weighted by Crippen LogP contribution is -2.16. The van der Waals surface area contributed by atoms with Crippen molar-refractivity contribution < 1.29 is 14.6 Å². The summed E-state index contributed by atoms with van der Waals surface area (Å²) in [6, 6.07) is 7.11. The second-order valence-electron chi connectivity index (χ2n) is 4.98. The lowest BCUT2D eigenvalue weighted by molar-refractivity contribution is -0.114. The number of aliphatic hydroxyl groups excluding tert-OH is 1. The van der Waals surface area contributed by atoms with Crippen LogP contribution in [0.25, 0.3) is 5.57 Å². The van der Waals surface area contributed by atoms with Gasteiger partial charge in [0.2, 0.25) is 0 Å². The summed E-state index contributed by atoms with van der Waals surface area (Å²) in [6.45, 7) is 8.02. The molecule has 0 fully saturated rings. The maximum atomic E-state index is 12.0. The van der Waals surface area contributed by atoms with Crippen molar-refractivity contribution in [1.82, 2.24) is 5.32 Å². The number of amides is 1. The van der Waals surface area contributed by atoms with E-state index in [0.29, 0.717) is 23.6 Å². The number of ether oxygens (including phenoxy) is 1. The number of hydrogen-bond acceptors (Lipinski definition) is 3. The molecule has 0 aliphatic carbocycles. The zero-order valence-electron chi connectivity index (χ0n) is 12.3. The summed E-state index contributed by atoms with van der Waals surface area (Å²) in [4.78, 5) is 12.0. The number of carbonyl (C=O) groups is 1. The lowest BCUT2D eigenvalue weighted by atomic mass is 10.0. The average molecular weight is 285 g/mol. The van der Waals surface area contributed by atoms with Crippen LogP contribution in [0.1, 0.15) is 25.8 Å². The molecule has 1 heterocycles. The Morgan fingerprint density at radius 3 is 2.90 bits per heavy atom. The highest BCUT2D eigenvalue weighted by molar-refractivity contribution is 6.24. The fraction of sp³-hybridized carbons (Fsp3) is 0.235. The molecule has 1 aromatic rings. The molecule has 1 aromatic carbocycles. The molecule has 110 valence electrons. The number of hydrogen-bond donors (Lipinski definition) is 2. The number of nitrogens with one attached hydrogen (secondary N) is 1. The molecule has 0 aromatic heterocycles. The smallest absolute Gasteiger partial charge is 0.260 e. The van der Waals surface area contributed by atoms with Gasteiger partial charge < -0.3 is 15.2 Å². The number of rotatable bonds is 5. The van der Waals surface area contributed by atoms with Crippen molar-refractivity contribution in [3.63, 3.8) is 0 Å². The fourth-order valence-electron chi connectivity index (χ4n) is 2.05. The molecule has 2 N–H and O–H groups in total. The van der Waals surface area contributed by atoms with Gasteiger partial charge in [-0.3, -0.25) is 4.79 Å². The van der Waals surface area contributed by atoms with Crippen LogP contribution >= 0.6 is 0 Å². The minimum atomic E-state index is -0.302. The normalized spacial score (nSPS) is 16.3. The van der Waals surface area contributed by atoms with Crippen LogP contribution in [0.2, 0.25) is 0 Å². The Labute approximate surface area is 124 Å². The van der Waals surface area contributed by atoms with Crippen LogP contribution in [0.3, 0.4) is 0 Å². The Bertz CT molecular complexity index is 641. The quantitative estimate of drug-likeness (QED) is 0.816. The molecule has 1 amide bonds. The van der Waals surface area contributed by atoms with Gasteiger partial charge in [-0.2, -0.15) is 0 Å². The van der Waals surface area contributed by atoms with Crippen molar-refractivity contribution in [2.24, 2.45) is 0 Å². The molecule has 0 bridgehead atoms. The maximum Gasteiger partial charge on any atom is 0.260 e. The first-order valence-corrected chi connectivity index (χ1v) is 6.85. The minimum absolute atomic E-state index is 0.0149.